The molecule has 5 nitrogen and oxygen atoms in total. The molecule has 0 unspecified atom stereocenters. The Morgan fingerprint density at radius 2 is 1.93 bits per heavy atom. The number of ether oxygens (including phenoxy) is 1. The van der Waals surface area contributed by atoms with Crippen LogP contribution in [-0.2, 0) is 19.3 Å². The van der Waals surface area contributed by atoms with E-state index in [-0.39, 0.29) is 5.91 Å². The molecule has 2 aromatic carbocycles. The van der Waals surface area contributed by atoms with Crippen molar-refractivity contribution in [2.45, 2.75) is 32.6 Å². The molecular weight excluding hydrogens is 374 g/mol. The van der Waals surface area contributed by atoms with Crippen molar-refractivity contribution in [3.05, 3.63) is 76.1 Å². The molecule has 0 radical (unpaired) electrons. The molecule has 1 amide bonds. The normalized spacial score (nSPS) is 10.7. The Morgan fingerprint density at radius 1 is 1.14 bits per heavy atom. The van der Waals surface area contributed by atoms with E-state index in [4.69, 9.17) is 16.3 Å². The van der Waals surface area contributed by atoms with E-state index in [1.54, 1.807) is 31.4 Å². The number of nitrogens with one attached hydrogen (secondary N) is 2. The van der Waals surface area contributed by atoms with Crippen LogP contribution in [0.4, 0.5) is 5.69 Å². The second kappa shape index (κ2) is 9.42. The number of anilines is 1. The van der Waals surface area contributed by atoms with E-state index < -0.39 is 0 Å². The number of nitrogens with zero attached hydrogens (tertiary/aromatic N) is 1. The first kappa shape index (κ1) is 20.0. The molecule has 146 valence electrons. The Hall–Kier alpha value is -2.79. The van der Waals surface area contributed by atoms with Crippen LogP contribution in [-0.4, -0.2) is 23.2 Å². The summed E-state index contributed by atoms with van der Waals surface area (Å²) < 4.78 is 5.20. The summed E-state index contributed by atoms with van der Waals surface area (Å²) in [5, 5.41) is 11.1. The SMILES string of the molecule is CCCc1[nH]nc(CCc2ccc(OC)cc2)c1NC(=O)c1cccc(Cl)c1. The fraction of sp³-hybridized carbons (Fsp3) is 0.273. The van der Waals surface area contributed by atoms with Crippen LogP contribution in [0.1, 0.15) is 40.7 Å². The monoisotopic (exact) mass is 397 g/mol. The third kappa shape index (κ3) is 4.93. The number of carbonyl (C=O) groups is 1. The first-order chi connectivity index (χ1) is 13.6. The minimum atomic E-state index is -0.188. The maximum absolute atomic E-state index is 12.7. The van der Waals surface area contributed by atoms with Crippen molar-refractivity contribution in [1.82, 2.24) is 10.2 Å². The standard InChI is InChI=1S/C22H24ClN3O2/c1-3-5-19-21(24-22(27)16-6-4-7-17(23)14-16)20(26-25-19)13-10-15-8-11-18(28-2)12-9-15/h4,6-9,11-12,14H,3,5,10,13H2,1-2H3,(H,24,27)(H,25,26). The number of hydrogen-bond donors (Lipinski definition) is 2. The number of carbonyl (C=O) groups excluding carboxylic acids is 1. The van der Waals surface area contributed by atoms with Crippen molar-refractivity contribution in [1.29, 1.82) is 0 Å². The predicted octanol–water partition coefficient (Wildman–Crippen LogP) is 5.06. The highest BCUT2D eigenvalue weighted by Gasteiger charge is 2.16. The van der Waals surface area contributed by atoms with E-state index in [2.05, 4.69) is 22.4 Å². The Kier molecular flexibility index (Phi) is 6.71. The summed E-state index contributed by atoms with van der Waals surface area (Å²) in [7, 11) is 1.66. The zero-order valence-corrected chi connectivity index (χ0v) is 16.8. The van der Waals surface area contributed by atoms with Crippen molar-refractivity contribution in [3.63, 3.8) is 0 Å². The van der Waals surface area contributed by atoms with Crippen LogP contribution < -0.4 is 10.1 Å². The molecule has 0 spiro atoms. The van der Waals surface area contributed by atoms with Gasteiger partial charge in [0, 0.05) is 10.6 Å². The molecule has 0 saturated carbocycles. The Bertz CT molecular complexity index is 935. The number of benzene rings is 2. The average Bonchev–Trinajstić information content (AvgIpc) is 3.08. The summed E-state index contributed by atoms with van der Waals surface area (Å²) in [6, 6.07) is 14.9. The number of methoxy groups -OCH3 is 1. The van der Waals surface area contributed by atoms with Crippen LogP contribution in [0.15, 0.2) is 48.5 Å². The number of aryl methyl sites for hydroxylation is 3. The van der Waals surface area contributed by atoms with Crippen molar-refractivity contribution < 1.29 is 9.53 Å². The fourth-order valence-corrected chi connectivity index (χ4v) is 3.24. The molecule has 2 N–H and O–H groups in total. The number of amides is 1. The number of aromatic nitrogens is 2. The highest BCUT2D eigenvalue weighted by molar-refractivity contribution is 6.31. The molecule has 0 aliphatic rings. The quantitative estimate of drug-likeness (QED) is 0.558. The molecular formula is C22H24ClN3O2. The molecule has 1 aromatic heterocycles. The van der Waals surface area contributed by atoms with Crippen molar-refractivity contribution in [2.75, 3.05) is 12.4 Å². The van der Waals surface area contributed by atoms with Crippen LogP contribution in [0.25, 0.3) is 0 Å². The van der Waals surface area contributed by atoms with E-state index in [1.807, 2.05) is 24.3 Å². The second-order valence-electron chi connectivity index (χ2n) is 6.59. The molecule has 0 bridgehead atoms. The topological polar surface area (TPSA) is 67.0 Å². The first-order valence-electron chi connectivity index (χ1n) is 9.36. The summed E-state index contributed by atoms with van der Waals surface area (Å²) in [5.41, 5.74) is 4.29. The van der Waals surface area contributed by atoms with Crippen LogP contribution in [0, 0.1) is 0 Å². The summed E-state index contributed by atoms with van der Waals surface area (Å²) in [5.74, 6) is 0.648. The second-order valence-corrected chi connectivity index (χ2v) is 7.02. The lowest BCUT2D eigenvalue weighted by Gasteiger charge is -2.09. The number of halogens is 1. The summed E-state index contributed by atoms with van der Waals surface area (Å²) >= 11 is 6.01. The number of rotatable bonds is 8. The van der Waals surface area contributed by atoms with Gasteiger partial charge in [0.2, 0.25) is 0 Å². The van der Waals surface area contributed by atoms with E-state index in [1.165, 1.54) is 5.56 Å². The van der Waals surface area contributed by atoms with Crippen LogP contribution in [0.3, 0.4) is 0 Å². The largest absolute Gasteiger partial charge is 0.497 e. The highest BCUT2D eigenvalue weighted by atomic mass is 35.5. The third-order valence-electron chi connectivity index (χ3n) is 4.55. The lowest BCUT2D eigenvalue weighted by molar-refractivity contribution is 0.102. The van der Waals surface area contributed by atoms with Crippen LogP contribution >= 0.6 is 11.6 Å². The van der Waals surface area contributed by atoms with Gasteiger partial charge < -0.3 is 10.1 Å². The first-order valence-corrected chi connectivity index (χ1v) is 9.74. The van der Waals surface area contributed by atoms with Crippen molar-refractivity contribution >= 4 is 23.2 Å². The van der Waals surface area contributed by atoms with E-state index in [9.17, 15) is 4.79 Å². The van der Waals surface area contributed by atoms with Gasteiger partial charge in [-0.1, -0.05) is 43.1 Å². The lowest BCUT2D eigenvalue weighted by atomic mass is 10.1. The molecule has 0 atom stereocenters. The molecule has 3 rings (SSSR count). The van der Waals surface area contributed by atoms with Gasteiger partial charge in [0.15, 0.2) is 0 Å². The van der Waals surface area contributed by atoms with Gasteiger partial charge in [0.05, 0.1) is 24.2 Å². The predicted molar refractivity (Wildman–Crippen MR) is 112 cm³/mol. The van der Waals surface area contributed by atoms with Gasteiger partial charge in [-0.05, 0) is 55.2 Å². The minimum Gasteiger partial charge on any atom is -0.497 e. The van der Waals surface area contributed by atoms with Crippen LogP contribution in [0.5, 0.6) is 5.75 Å². The number of H-pyrrole nitrogens is 1. The molecule has 6 heteroatoms. The van der Waals surface area contributed by atoms with Gasteiger partial charge >= 0.3 is 0 Å². The molecule has 0 aliphatic heterocycles. The van der Waals surface area contributed by atoms with Crippen LogP contribution in [0.2, 0.25) is 5.02 Å². The maximum Gasteiger partial charge on any atom is 0.255 e. The van der Waals surface area contributed by atoms with Gasteiger partial charge in [0.25, 0.3) is 5.91 Å². The summed E-state index contributed by atoms with van der Waals surface area (Å²) in [6.07, 6.45) is 3.32. The number of hydrogen-bond acceptors (Lipinski definition) is 3. The zero-order valence-electron chi connectivity index (χ0n) is 16.1. The van der Waals surface area contributed by atoms with Crippen molar-refractivity contribution in [3.8, 4) is 5.75 Å². The molecule has 1 heterocycles. The molecule has 0 fully saturated rings. The molecule has 0 saturated heterocycles. The highest BCUT2D eigenvalue weighted by Crippen LogP contribution is 2.23. The summed E-state index contributed by atoms with van der Waals surface area (Å²) in [4.78, 5) is 12.7. The molecule has 3 aromatic rings. The zero-order chi connectivity index (χ0) is 19.9. The van der Waals surface area contributed by atoms with Gasteiger partial charge in [-0.3, -0.25) is 9.89 Å². The van der Waals surface area contributed by atoms with Gasteiger partial charge in [-0.2, -0.15) is 5.10 Å². The Balaban J connectivity index is 1.76. The van der Waals surface area contributed by atoms with Gasteiger partial charge in [0.1, 0.15) is 5.75 Å². The number of aromatic amines is 1. The van der Waals surface area contributed by atoms with Crippen molar-refractivity contribution in [2.24, 2.45) is 0 Å². The summed E-state index contributed by atoms with van der Waals surface area (Å²) in [6.45, 7) is 2.10. The van der Waals surface area contributed by atoms with Gasteiger partial charge in [-0.25, -0.2) is 0 Å². The average molecular weight is 398 g/mol. The fourth-order valence-electron chi connectivity index (χ4n) is 3.05. The smallest absolute Gasteiger partial charge is 0.255 e. The molecule has 0 aliphatic carbocycles. The minimum absolute atomic E-state index is 0.188. The van der Waals surface area contributed by atoms with E-state index >= 15 is 0 Å². The lowest BCUT2D eigenvalue weighted by Crippen LogP contribution is -2.14. The van der Waals surface area contributed by atoms with E-state index in [0.717, 1.165) is 48.5 Å². The third-order valence-corrected chi connectivity index (χ3v) is 4.79. The maximum atomic E-state index is 12.7. The Morgan fingerprint density at radius 3 is 2.61 bits per heavy atom. The van der Waals surface area contributed by atoms with E-state index in [0.29, 0.717) is 10.6 Å². The Labute approximate surface area is 170 Å². The molecule has 28 heavy (non-hydrogen) atoms. The van der Waals surface area contributed by atoms with Gasteiger partial charge in [-0.15, -0.1) is 0 Å².